The van der Waals surface area contributed by atoms with Crippen molar-refractivity contribution in [2.45, 2.75) is 32.6 Å². The fraction of sp³-hybridized carbons (Fsp3) is 0.778. The van der Waals surface area contributed by atoms with Crippen LogP contribution in [0.5, 0.6) is 0 Å². The van der Waals surface area contributed by atoms with Crippen LogP contribution in [0.3, 0.4) is 0 Å². The number of hydrogen-bond acceptors (Lipinski definition) is 7. The summed E-state index contributed by atoms with van der Waals surface area (Å²) in [7, 11) is 0. The van der Waals surface area contributed by atoms with E-state index in [-0.39, 0.29) is 29.6 Å². The van der Waals surface area contributed by atoms with Crippen LogP contribution >= 0.6 is 0 Å². The number of carbonyl (C=O) groups excluding carboxylic acids is 2. The number of amides is 2. The van der Waals surface area contributed by atoms with Crippen LogP contribution in [0.1, 0.15) is 37.9 Å². The molecule has 150 valence electrons. The highest BCUT2D eigenvalue weighted by Crippen LogP contribution is 2.20. The first-order chi connectivity index (χ1) is 13.0. The third kappa shape index (κ3) is 5.26. The summed E-state index contributed by atoms with van der Waals surface area (Å²) in [6.07, 6.45) is 1.08. The number of aromatic nitrogens is 2. The smallest absolute Gasteiger partial charge is 0.228 e. The van der Waals surface area contributed by atoms with Crippen LogP contribution in [-0.2, 0) is 20.7 Å². The Morgan fingerprint density at radius 3 is 2.70 bits per heavy atom. The molecule has 2 saturated heterocycles. The van der Waals surface area contributed by atoms with Gasteiger partial charge in [-0.1, -0.05) is 19.0 Å². The molecule has 2 aliphatic heterocycles. The Balaban J connectivity index is 1.44. The Bertz CT molecular complexity index is 641. The predicted octanol–water partition coefficient (Wildman–Crippen LogP) is -0.0638. The average molecular weight is 379 g/mol. The largest absolute Gasteiger partial charge is 0.378 e. The molecule has 9 nitrogen and oxygen atoms in total. The quantitative estimate of drug-likeness (QED) is 0.712. The average Bonchev–Trinajstić information content (AvgIpc) is 3.17. The Hall–Kier alpha value is -2.00. The lowest BCUT2D eigenvalue weighted by molar-refractivity contribution is -0.141. The van der Waals surface area contributed by atoms with Crippen LogP contribution in [0.4, 0.5) is 0 Å². The Kier molecular flexibility index (Phi) is 6.78. The summed E-state index contributed by atoms with van der Waals surface area (Å²) in [6, 6.07) is 0. The van der Waals surface area contributed by atoms with Crippen molar-refractivity contribution < 1.29 is 18.8 Å². The number of morpholine rings is 1. The van der Waals surface area contributed by atoms with Crippen molar-refractivity contribution in [3.63, 3.8) is 0 Å². The molecular formula is C18H29N5O4. The summed E-state index contributed by atoms with van der Waals surface area (Å²) in [5.41, 5.74) is 0. The molecule has 3 heterocycles. The van der Waals surface area contributed by atoms with E-state index in [2.05, 4.69) is 20.8 Å². The van der Waals surface area contributed by atoms with Gasteiger partial charge in [0, 0.05) is 45.1 Å². The molecule has 0 saturated carbocycles. The van der Waals surface area contributed by atoms with E-state index < -0.39 is 0 Å². The van der Waals surface area contributed by atoms with E-state index in [0.717, 1.165) is 0 Å². The molecule has 3 rings (SSSR count). The van der Waals surface area contributed by atoms with E-state index in [1.54, 1.807) is 0 Å². The second-order valence-electron chi connectivity index (χ2n) is 7.47. The zero-order valence-electron chi connectivity index (χ0n) is 16.1. The highest BCUT2D eigenvalue weighted by molar-refractivity contribution is 5.83. The minimum Gasteiger partial charge on any atom is -0.378 e. The molecule has 1 aromatic heterocycles. The first kappa shape index (κ1) is 19.8. The van der Waals surface area contributed by atoms with Gasteiger partial charge in [-0.15, -0.1) is 0 Å². The molecule has 0 unspecified atom stereocenters. The number of hydrogen-bond donors (Lipinski definition) is 2. The highest BCUT2D eigenvalue weighted by Gasteiger charge is 2.33. The Labute approximate surface area is 159 Å². The van der Waals surface area contributed by atoms with Crippen molar-refractivity contribution >= 4 is 11.8 Å². The van der Waals surface area contributed by atoms with Gasteiger partial charge in [0.25, 0.3) is 0 Å². The van der Waals surface area contributed by atoms with Gasteiger partial charge < -0.3 is 24.8 Å². The van der Waals surface area contributed by atoms with Gasteiger partial charge in [-0.3, -0.25) is 9.59 Å². The Morgan fingerprint density at radius 2 is 2.00 bits per heavy atom. The van der Waals surface area contributed by atoms with E-state index in [4.69, 9.17) is 9.26 Å². The predicted molar refractivity (Wildman–Crippen MR) is 97.0 cm³/mol. The van der Waals surface area contributed by atoms with Gasteiger partial charge in [-0.25, -0.2) is 0 Å². The highest BCUT2D eigenvalue weighted by atomic mass is 16.5. The van der Waals surface area contributed by atoms with Crippen molar-refractivity contribution in [2.75, 3.05) is 45.9 Å². The number of rotatable bonds is 6. The van der Waals surface area contributed by atoms with Gasteiger partial charge in [0.2, 0.25) is 17.7 Å². The topological polar surface area (TPSA) is 110 Å². The third-order valence-corrected chi connectivity index (χ3v) is 5.03. The Morgan fingerprint density at radius 1 is 1.26 bits per heavy atom. The van der Waals surface area contributed by atoms with Gasteiger partial charge in [-0.05, 0) is 6.42 Å². The standard InChI is InChI=1S/C18H29N5O4/c1-12(2)16-21-15(27-22-16)3-4-20-17(24)13-9-14(11-19-10-13)18(25)23-5-7-26-8-6-23/h12-14,19H,3-11H2,1-2H3,(H,20,24)/t13-,14-/m1/s1. The van der Waals surface area contributed by atoms with Gasteiger partial charge >= 0.3 is 0 Å². The van der Waals surface area contributed by atoms with Crippen LogP contribution < -0.4 is 10.6 Å². The molecule has 0 spiro atoms. The van der Waals surface area contributed by atoms with Crippen molar-refractivity contribution in [3.8, 4) is 0 Å². The minimum atomic E-state index is -0.206. The molecular weight excluding hydrogens is 350 g/mol. The minimum absolute atomic E-state index is 0.0365. The van der Waals surface area contributed by atoms with Crippen molar-refractivity contribution in [1.82, 2.24) is 25.7 Å². The molecule has 0 radical (unpaired) electrons. The number of nitrogens with one attached hydrogen (secondary N) is 2. The number of carbonyl (C=O) groups is 2. The SMILES string of the molecule is CC(C)c1noc(CCNC(=O)[C@H]2CNC[C@H](C(=O)N3CCOCC3)C2)n1. The molecule has 2 fully saturated rings. The maximum Gasteiger partial charge on any atom is 0.228 e. The molecule has 2 N–H and O–H groups in total. The fourth-order valence-electron chi connectivity index (χ4n) is 3.41. The van der Waals surface area contributed by atoms with E-state index in [0.29, 0.717) is 70.5 Å². The first-order valence-electron chi connectivity index (χ1n) is 9.72. The molecule has 9 heteroatoms. The van der Waals surface area contributed by atoms with Crippen LogP contribution in [0.2, 0.25) is 0 Å². The second kappa shape index (κ2) is 9.27. The summed E-state index contributed by atoms with van der Waals surface area (Å²) in [5.74, 6) is 1.14. The van der Waals surface area contributed by atoms with E-state index in [1.165, 1.54) is 0 Å². The summed E-state index contributed by atoms with van der Waals surface area (Å²) in [5, 5.41) is 10.1. The molecule has 27 heavy (non-hydrogen) atoms. The van der Waals surface area contributed by atoms with Crippen molar-refractivity contribution in [2.24, 2.45) is 11.8 Å². The van der Waals surface area contributed by atoms with Crippen LogP contribution in [0.15, 0.2) is 4.52 Å². The maximum atomic E-state index is 12.6. The number of piperidine rings is 1. The van der Waals surface area contributed by atoms with Crippen molar-refractivity contribution in [1.29, 1.82) is 0 Å². The zero-order chi connectivity index (χ0) is 19.2. The molecule has 2 aliphatic rings. The molecule has 0 bridgehead atoms. The molecule has 2 atom stereocenters. The molecule has 0 aliphatic carbocycles. The first-order valence-corrected chi connectivity index (χ1v) is 9.72. The summed E-state index contributed by atoms with van der Waals surface area (Å²) in [4.78, 5) is 31.3. The second-order valence-corrected chi connectivity index (χ2v) is 7.47. The maximum absolute atomic E-state index is 12.6. The normalized spacial score (nSPS) is 23.4. The third-order valence-electron chi connectivity index (χ3n) is 5.03. The summed E-state index contributed by atoms with van der Waals surface area (Å²) >= 11 is 0. The number of ether oxygens (including phenoxy) is 1. The van der Waals surface area contributed by atoms with E-state index in [1.807, 2.05) is 18.7 Å². The lowest BCUT2D eigenvalue weighted by atomic mass is 9.88. The summed E-state index contributed by atoms with van der Waals surface area (Å²) in [6.45, 7) is 8.10. The van der Waals surface area contributed by atoms with Crippen molar-refractivity contribution in [3.05, 3.63) is 11.7 Å². The van der Waals surface area contributed by atoms with Gasteiger partial charge in [0.1, 0.15) is 0 Å². The lowest BCUT2D eigenvalue weighted by Crippen LogP contribution is -2.51. The molecule has 2 amide bonds. The van der Waals surface area contributed by atoms with Crippen LogP contribution in [-0.4, -0.2) is 72.8 Å². The van der Waals surface area contributed by atoms with Gasteiger partial charge in [-0.2, -0.15) is 4.98 Å². The van der Waals surface area contributed by atoms with Gasteiger partial charge in [0.15, 0.2) is 5.82 Å². The van der Waals surface area contributed by atoms with E-state index >= 15 is 0 Å². The van der Waals surface area contributed by atoms with Crippen LogP contribution in [0.25, 0.3) is 0 Å². The zero-order valence-corrected chi connectivity index (χ0v) is 16.1. The molecule has 0 aromatic carbocycles. The van der Waals surface area contributed by atoms with E-state index in [9.17, 15) is 9.59 Å². The molecule has 1 aromatic rings. The van der Waals surface area contributed by atoms with Crippen LogP contribution in [0, 0.1) is 11.8 Å². The monoisotopic (exact) mass is 379 g/mol. The van der Waals surface area contributed by atoms with Gasteiger partial charge in [0.05, 0.1) is 25.0 Å². The number of nitrogens with zero attached hydrogens (tertiary/aromatic N) is 3. The summed E-state index contributed by atoms with van der Waals surface area (Å²) < 4.78 is 10.5. The fourth-order valence-corrected chi connectivity index (χ4v) is 3.41. The lowest BCUT2D eigenvalue weighted by Gasteiger charge is -2.34.